The summed E-state index contributed by atoms with van der Waals surface area (Å²) in [5, 5.41) is 4.91. The normalized spacial score (nSPS) is 11.9. The van der Waals surface area contributed by atoms with Crippen LogP contribution in [-0.2, 0) is 13.2 Å². The van der Waals surface area contributed by atoms with E-state index in [1.165, 1.54) is 0 Å². The van der Waals surface area contributed by atoms with Crippen LogP contribution < -0.4 is 10.1 Å². The molecule has 0 atom stereocenters. The molecule has 0 aromatic heterocycles. The summed E-state index contributed by atoms with van der Waals surface area (Å²) in [6.07, 6.45) is 1.07. The van der Waals surface area contributed by atoms with Crippen molar-refractivity contribution in [3.8, 4) is 5.75 Å². The van der Waals surface area contributed by atoms with E-state index in [-0.39, 0.29) is 23.4 Å². The van der Waals surface area contributed by atoms with Crippen LogP contribution in [0.1, 0.15) is 52.2 Å². The van der Waals surface area contributed by atoms with Crippen LogP contribution in [0.15, 0.2) is 40.9 Å². The maximum atomic E-state index is 6.26. The van der Waals surface area contributed by atoms with Gasteiger partial charge in [0.15, 0.2) is 0 Å². The third-order valence-electron chi connectivity index (χ3n) is 4.15. The predicted molar refractivity (Wildman–Crippen MR) is 127 cm³/mol. The fourth-order valence-corrected chi connectivity index (χ4v) is 4.22. The summed E-state index contributed by atoms with van der Waals surface area (Å²) in [5.74, 6) is 0.850. The van der Waals surface area contributed by atoms with Crippen molar-refractivity contribution < 1.29 is 4.74 Å². The van der Waals surface area contributed by atoms with E-state index in [0.717, 1.165) is 34.3 Å². The Hall–Kier alpha value is -0.450. The molecule has 0 unspecified atom stereocenters. The van der Waals surface area contributed by atoms with Crippen molar-refractivity contribution in [3.05, 3.63) is 62.0 Å². The number of ether oxygens (including phenoxy) is 1. The lowest BCUT2D eigenvalue weighted by Crippen LogP contribution is -2.41. The molecule has 0 aliphatic carbocycles. The zero-order valence-corrected chi connectivity index (χ0v) is 21.0. The van der Waals surface area contributed by atoms with E-state index in [1.54, 1.807) is 6.07 Å². The predicted octanol–water partition coefficient (Wildman–Crippen LogP) is 8.06. The molecule has 2 aromatic rings. The van der Waals surface area contributed by atoms with Crippen molar-refractivity contribution in [1.82, 2.24) is 5.32 Å². The molecule has 0 heterocycles. The third kappa shape index (κ3) is 8.51. The molecule has 0 spiro atoms. The number of hydrogen-bond acceptors (Lipinski definition) is 2. The molecular formula is C22H29BrCl3NO. The SMILES string of the molecule is CC(C)(C)CC(C)(C)NCc1cc(Br)ccc1OCc1ccc(Cl)cc1Cl.Cl. The highest BCUT2D eigenvalue weighted by Crippen LogP contribution is 2.29. The highest BCUT2D eigenvalue weighted by atomic mass is 79.9. The zero-order valence-electron chi connectivity index (χ0n) is 17.0. The maximum Gasteiger partial charge on any atom is 0.124 e. The van der Waals surface area contributed by atoms with Gasteiger partial charge in [0, 0.05) is 37.7 Å². The monoisotopic (exact) mass is 507 g/mol. The van der Waals surface area contributed by atoms with E-state index < -0.39 is 0 Å². The molecule has 2 aromatic carbocycles. The first-order chi connectivity index (χ1) is 12.5. The molecule has 0 radical (unpaired) electrons. The summed E-state index contributed by atoms with van der Waals surface area (Å²) >= 11 is 15.8. The molecule has 0 bridgehead atoms. The molecule has 2 nitrogen and oxygen atoms in total. The number of halogens is 4. The van der Waals surface area contributed by atoms with Crippen molar-refractivity contribution in [3.63, 3.8) is 0 Å². The average molecular weight is 510 g/mol. The molecule has 156 valence electrons. The van der Waals surface area contributed by atoms with Crippen LogP contribution in [-0.4, -0.2) is 5.54 Å². The standard InChI is InChI=1S/C22H28BrCl2NO.ClH/c1-21(2,3)14-22(4,5)26-12-16-10-17(23)7-9-20(16)27-13-15-6-8-18(24)11-19(15)25;/h6-11,26H,12-14H2,1-5H3;1H. The molecule has 0 saturated heterocycles. The van der Waals surface area contributed by atoms with Crippen molar-refractivity contribution in [1.29, 1.82) is 0 Å². The van der Waals surface area contributed by atoms with Gasteiger partial charge in [0.25, 0.3) is 0 Å². The molecule has 1 N–H and O–H groups in total. The van der Waals surface area contributed by atoms with Crippen molar-refractivity contribution in [2.24, 2.45) is 5.41 Å². The minimum absolute atomic E-state index is 0. The van der Waals surface area contributed by atoms with Gasteiger partial charge in [-0.05, 0) is 56.0 Å². The first kappa shape index (κ1) is 25.6. The summed E-state index contributed by atoms with van der Waals surface area (Å²) < 4.78 is 7.11. The van der Waals surface area contributed by atoms with E-state index in [1.807, 2.05) is 24.3 Å². The fourth-order valence-electron chi connectivity index (χ4n) is 3.34. The van der Waals surface area contributed by atoms with E-state index in [4.69, 9.17) is 27.9 Å². The number of benzene rings is 2. The van der Waals surface area contributed by atoms with Crippen LogP contribution >= 0.6 is 51.5 Å². The van der Waals surface area contributed by atoms with Gasteiger partial charge in [0.2, 0.25) is 0 Å². The van der Waals surface area contributed by atoms with Crippen molar-refractivity contribution in [2.75, 3.05) is 0 Å². The average Bonchev–Trinajstić information content (AvgIpc) is 2.51. The smallest absolute Gasteiger partial charge is 0.124 e. The quantitative estimate of drug-likeness (QED) is 0.407. The second kappa shape index (κ2) is 10.5. The van der Waals surface area contributed by atoms with E-state index >= 15 is 0 Å². The van der Waals surface area contributed by atoms with Crippen molar-refractivity contribution in [2.45, 2.75) is 59.7 Å². The second-order valence-corrected chi connectivity index (χ2v) is 10.5. The van der Waals surface area contributed by atoms with Gasteiger partial charge in [0.1, 0.15) is 12.4 Å². The molecule has 0 amide bonds. The van der Waals surface area contributed by atoms with Crippen LogP contribution in [0.25, 0.3) is 0 Å². The lowest BCUT2D eigenvalue weighted by molar-refractivity contribution is 0.238. The Kier molecular flexibility index (Phi) is 9.63. The summed E-state index contributed by atoms with van der Waals surface area (Å²) in [6, 6.07) is 11.5. The van der Waals surface area contributed by atoms with Gasteiger partial charge in [-0.25, -0.2) is 0 Å². The Bertz CT molecular complexity index is 788. The molecular weight excluding hydrogens is 481 g/mol. The van der Waals surface area contributed by atoms with Gasteiger partial charge < -0.3 is 10.1 Å². The Morgan fingerprint density at radius 2 is 1.64 bits per heavy atom. The number of hydrogen-bond donors (Lipinski definition) is 1. The minimum atomic E-state index is 0. The van der Waals surface area contributed by atoms with E-state index in [2.05, 4.69) is 61.9 Å². The van der Waals surface area contributed by atoms with Gasteiger partial charge in [0.05, 0.1) is 0 Å². The van der Waals surface area contributed by atoms with Gasteiger partial charge in [-0.15, -0.1) is 12.4 Å². The number of rotatable bonds is 7. The second-order valence-electron chi connectivity index (χ2n) is 8.75. The highest BCUT2D eigenvalue weighted by Gasteiger charge is 2.25. The van der Waals surface area contributed by atoms with Crippen LogP contribution in [0.5, 0.6) is 5.75 Å². The zero-order chi connectivity index (χ0) is 20.2. The van der Waals surface area contributed by atoms with Crippen LogP contribution in [0.4, 0.5) is 0 Å². The maximum absolute atomic E-state index is 6.26. The molecule has 6 heteroatoms. The fraction of sp³-hybridized carbons (Fsp3) is 0.455. The largest absolute Gasteiger partial charge is 0.489 e. The summed E-state index contributed by atoms with van der Waals surface area (Å²) in [4.78, 5) is 0. The molecule has 0 saturated carbocycles. The lowest BCUT2D eigenvalue weighted by Gasteiger charge is -2.33. The Morgan fingerprint density at radius 3 is 2.25 bits per heavy atom. The Labute approximate surface area is 193 Å². The van der Waals surface area contributed by atoms with Gasteiger partial charge in [-0.3, -0.25) is 0 Å². The van der Waals surface area contributed by atoms with Crippen LogP contribution in [0, 0.1) is 5.41 Å². The van der Waals surface area contributed by atoms with Gasteiger partial charge in [-0.2, -0.15) is 0 Å². The molecule has 0 aliphatic heterocycles. The van der Waals surface area contributed by atoms with Crippen molar-refractivity contribution >= 4 is 51.5 Å². The highest BCUT2D eigenvalue weighted by molar-refractivity contribution is 9.10. The summed E-state index contributed by atoms with van der Waals surface area (Å²) in [7, 11) is 0. The lowest BCUT2D eigenvalue weighted by atomic mass is 9.82. The minimum Gasteiger partial charge on any atom is -0.489 e. The molecule has 0 aliphatic rings. The van der Waals surface area contributed by atoms with E-state index in [0.29, 0.717) is 16.7 Å². The van der Waals surface area contributed by atoms with Crippen LogP contribution in [0.2, 0.25) is 10.0 Å². The Morgan fingerprint density at radius 1 is 0.964 bits per heavy atom. The van der Waals surface area contributed by atoms with Crippen LogP contribution in [0.3, 0.4) is 0 Å². The topological polar surface area (TPSA) is 21.3 Å². The molecule has 28 heavy (non-hydrogen) atoms. The third-order valence-corrected chi connectivity index (χ3v) is 5.23. The van der Waals surface area contributed by atoms with Gasteiger partial charge in [-0.1, -0.05) is 66.0 Å². The first-order valence-corrected chi connectivity index (χ1v) is 10.6. The molecule has 2 rings (SSSR count). The van der Waals surface area contributed by atoms with Gasteiger partial charge >= 0.3 is 0 Å². The summed E-state index contributed by atoms with van der Waals surface area (Å²) in [6.45, 7) is 12.4. The summed E-state index contributed by atoms with van der Waals surface area (Å²) in [5.41, 5.74) is 2.31. The molecule has 0 fully saturated rings. The first-order valence-electron chi connectivity index (χ1n) is 9.05. The Balaban J connectivity index is 0.00000392. The number of nitrogens with one attached hydrogen (secondary N) is 1. The van der Waals surface area contributed by atoms with E-state index in [9.17, 15) is 0 Å².